The molecule has 7 nitrogen and oxygen atoms in total. The summed E-state index contributed by atoms with van der Waals surface area (Å²) in [5.74, 6) is 2.07. The number of methoxy groups -OCH3 is 2. The number of nitrogens with zero attached hydrogens (tertiary/aromatic N) is 2. The van der Waals surface area contributed by atoms with Crippen LogP contribution < -0.4 is 14.8 Å². The first kappa shape index (κ1) is 26.5. The summed E-state index contributed by atoms with van der Waals surface area (Å²) in [6, 6.07) is 15.7. The zero-order valence-corrected chi connectivity index (χ0v) is 21.5. The zero-order chi connectivity index (χ0) is 25.2. The molecular weight excluding hydrogens is 442 g/mol. The van der Waals surface area contributed by atoms with E-state index in [1.807, 2.05) is 53.4 Å². The highest BCUT2D eigenvalue weighted by Gasteiger charge is 2.23. The lowest BCUT2D eigenvalue weighted by Gasteiger charge is -2.26. The van der Waals surface area contributed by atoms with Crippen molar-refractivity contribution < 1.29 is 19.1 Å². The SMILES string of the molecule is COc1ccc(CCC(=O)N2CCCN(CC(=O)NC(c3ccc(OC)cc3)C(C)C)CC2)cc1. The average molecular weight is 482 g/mol. The summed E-state index contributed by atoms with van der Waals surface area (Å²) >= 11 is 0. The molecule has 1 aliphatic rings. The molecular formula is C28H39N3O4. The van der Waals surface area contributed by atoms with Crippen LogP contribution in [0.1, 0.15) is 43.9 Å². The Labute approximate surface area is 209 Å². The van der Waals surface area contributed by atoms with Gasteiger partial charge in [-0.3, -0.25) is 14.5 Å². The Balaban J connectivity index is 1.47. The van der Waals surface area contributed by atoms with Gasteiger partial charge in [-0.1, -0.05) is 38.1 Å². The van der Waals surface area contributed by atoms with Crippen molar-refractivity contribution in [2.75, 3.05) is 46.9 Å². The summed E-state index contributed by atoms with van der Waals surface area (Å²) in [5.41, 5.74) is 2.20. The van der Waals surface area contributed by atoms with E-state index in [1.165, 1.54) is 0 Å². The fourth-order valence-corrected chi connectivity index (χ4v) is 4.45. The number of hydrogen-bond donors (Lipinski definition) is 1. The molecule has 2 aromatic rings. The van der Waals surface area contributed by atoms with Crippen LogP contribution in [0.5, 0.6) is 11.5 Å². The Kier molecular flexibility index (Phi) is 9.97. The van der Waals surface area contributed by atoms with E-state index in [0.29, 0.717) is 32.5 Å². The standard InChI is InChI=1S/C28H39N3O4/c1-21(2)28(23-9-13-25(35-4)14-10-23)29-26(32)20-30-16-5-17-31(19-18-30)27(33)15-8-22-6-11-24(34-3)12-7-22/h6-7,9-14,21,28H,5,8,15-20H2,1-4H3,(H,29,32). The van der Waals surface area contributed by atoms with Crippen LogP contribution in [0.4, 0.5) is 0 Å². The average Bonchev–Trinajstić information content (AvgIpc) is 3.11. The Morgan fingerprint density at radius 1 is 0.886 bits per heavy atom. The minimum atomic E-state index is -0.0589. The maximum Gasteiger partial charge on any atom is 0.234 e. The van der Waals surface area contributed by atoms with Gasteiger partial charge in [-0.05, 0) is 54.2 Å². The molecule has 0 saturated carbocycles. The summed E-state index contributed by atoms with van der Waals surface area (Å²) in [6.07, 6.45) is 2.08. The maximum atomic E-state index is 12.9. The largest absolute Gasteiger partial charge is 0.497 e. The minimum Gasteiger partial charge on any atom is -0.497 e. The summed E-state index contributed by atoms with van der Waals surface area (Å²) in [7, 11) is 3.29. The molecule has 7 heteroatoms. The molecule has 0 aromatic heterocycles. The van der Waals surface area contributed by atoms with E-state index in [9.17, 15) is 9.59 Å². The third kappa shape index (κ3) is 7.99. The first-order chi connectivity index (χ1) is 16.9. The van der Waals surface area contributed by atoms with Crippen LogP contribution in [-0.4, -0.2) is 68.6 Å². The molecule has 1 aliphatic heterocycles. The van der Waals surface area contributed by atoms with Gasteiger partial charge < -0.3 is 19.7 Å². The molecule has 190 valence electrons. The van der Waals surface area contributed by atoms with E-state index in [0.717, 1.165) is 42.1 Å². The van der Waals surface area contributed by atoms with Gasteiger partial charge in [0.25, 0.3) is 0 Å². The number of rotatable bonds is 10. The molecule has 0 bridgehead atoms. The predicted molar refractivity (Wildman–Crippen MR) is 138 cm³/mol. The van der Waals surface area contributed by atoms with Crippen LogP contribution in [0, 0.1) is 5.92 Å². The van der Waals surface area contributed by atoms with Crippen LogP contribution in [0.15, 0.2) is 48.5 Å². The van der Waals surface area contributed by atoms with E-state index < -0.39 is 0 Å². The molecule has 1 unspecified atom stereocenters. The maximum absolute atomic E-state index is 12.9. The van der Waals surface area contributed by atoms with Gasteiger partial charge in [0.15, 0.2) is 0 Å². The lowest BCUT2D eigenvalue weighted by atomic mass is 9.96. The molecule has 0 aliphatic carbocycles. The smallest absolute Gasteiger partial charge is 0.234 e. The topological polar surface area (TPSA) is 71.1 Å². The number of ether oxygens (including phenoxy) is 2. The van der Waals surface area contributed by atoms with Crippen molar-refractivity contribution in [3.63, 3.8) is 0 Å². The highest BCUT2D eigenvalue weighted by molar-refractivity contribution is 5.79. The quantitative estimate of drug-likeness (QED) is 0.561. The van der Waals surface area contributed by atoms with Crippen molar-refractivity contribution >= 4 is 11.8 Å². The molecule has 35 heavy (non-hydrogen) atoms. The molecule has 1 saturated heterocycles. The predicted octanol–water partition coefficient (Wildman–Crippen LogP) is 3.68. The molecule has 1 fully saturated rings. The van der Waals surface area contributed by atoms with E-state index in [4.69, 9.17) is 9.47 Å². The monoisotopic (exact) mass is 481 g/mol. The highest BCUT2D eigenvalue weighted by Crippen LogP contribution is 2.24. The number of carbonyl (C=O) groups is 2. The molecule has 1 N–H and O–H groups in total. The van der Waals surface area contributed by atoms with Crippen LogP contribution in [0.2, 0.25) is 0 Å². The Morgan fingerprint density at radius 3 is 2.11 bits per heavy atom. The number of carbonyl (C=O) groups excluding carboxylic acids is 2. The van der Waals surface area contributed by atoms with Crippen LogP contribution in [0.3, 0.4) is 0 Å². The normalized spacial score (nSPS) is 15.4. The van der Waals surface area contributed by atoms with Crippen molar-refractivity contribution in [2.24, 2.45) is 5.92 Å². The molecule has 1 atom stereocenters. The second-order valence-corrected chi connectivity index (χ2v) is 9.42. The Morgan fingerprint density at radius 2 is 1.51 bits per heavy atom. The minimum absolute atomic E-state index is 0.0128. The van der Waals surface area contributed by atoms with Crippen LogP contribution >= 0.6 is 0 Å². The van der Waals surface area contributed by atoms with Crippen LogP contribution in [0.25, 0.3) is 0 Å². The number of benzene rings is 2. The van der Waals surface area contributed by atoms with Gasteiger partial charge in [-0.2, -0.15) is 0 Å². The molecule has 2 aromatic carbocycles. The molecule has 0 spiro atoms. The fourth-order valence-electron chi connectivity index (χ4n) is 4.45. The van der Waals surface area contributed by atoms with Gasteiger partial charge in [0, 0.05) is 32.6 Å². The third-order valence-electron chi connectivity index (χ3n) is 6.55. The van der Waals surface area contributed by atoms with E-state index >= 15 is 0 Å². The molecule has 1 heterocycles. The first-order valence-corrected chi connectivity index (χ1v) is 12.5. The van der Waals surface area contributed by atoms with Gasteiger partial charge in [-0.15, -0.1) is 0 Å². The van der Waals surface area contributed by atoms with Gasteiger partial charge in [0.05, 0.1) is 26.8 Å². The van der Waals surface area contributed by atoms with Crippen molar-refractivity contribution in [3.05, 3.63) is 59.7 Å². The summed E-state index contributed by atoms with van der Waals surface area (Å²) < 4.78 is 10.4. The number of nitrogens with one attached hydrogen (secondary N) is 1. The van der Waals surface area contributed by atoms with Crippen LogP contribution in [-0.2, 0) is 16.0 Å². The van der Waals surface area contributed by atoms with Crippen molar-refractivity contribution in [3.8, 4) is 11.5 Å². The lowest BCUT2D eigenvalue weighted by molar-refractivity contribution is -0.131. The second-order valence-electron chi connectivity index (χ2n) is 9.42. The van der Waals surface area contributed by atoms with E-state index in [2.05, 4.69) is 24.1 Å². The fraction of sp³-hybridized carbons (Fsp3) is 0.500. The summed E-state index contributed by atoms with van der Waals surface area (Å²) in [6.45, 7) is 7.46. The Bertz CT molecular complexity index is 944. The number of hydrogen-bond acceptors (Lipinski definition) is 5. The second kappa shape index (κ2) is 13.1. The molecule has 2 amide bonds. The highest BCUT2D eigenvalue weighted by atomic mass is 16.5. The van der Waals surface area contributed by atoms with Gasteiger partial charge >= 0.3 is 0 Å². The van der Waals surface area contributed by atoms with Crippen molar-refractivity contribution in [2.45, 2.75) is 39.2 Å². The van der Waals surface area contributed by atoms with E-state index in [1.54, 1.807) is 14.2 Å². The Hall–Kier alpha value is -3.06. The number of aryl methyl sites for hydroxylation is 1. The third-order valence-corrected chi connectivity index (χ3v) is 6.55. The van der Waals surface area contributed by atoms with Gasteiger partial charge in [0.2, 0.25) is 11.8 Å². The molecule has 0 radical (unpaired) electrons. The first-order valence-electron chi connectivity index (χ1n) is 12.5. The van der Waals surface area contributed by atoms with Gasteiger partial charge in [-0.25, -0.2) is 0 Å². The van der Waals surface area contributed by atoms with Crippen molar-refractivity contribution in [1.29, 1.82) is 0 Å². The van der Waals surface area contributed by atoms with E-state index in [-0.39, 0.29) is 23.8 Å². The zero-order valence-electron chi connectivity index (χ0n) is 21.5. The summed E-state index contributed by atoms with van der Waals surface area (Å²) in [5, 5.41) is 3.21. The van der Waals surface area contributed by atoms with Gasteiger partial charge in [0.1, 0.15) is 11.5 Å². The van der Waals surface area contributed by atoms with Crippen molar-refractivity contribution in [1.82, 2.24) is 15.1 Å². The lowest BCUT2D eigenvalue weighted by Crippen LogP contribution is -2.42. The molecule has 3 rings (SSSR count). The number of amides is 2. The summed E-state index contributed by atoms with van der Waals surface area (Å²) in [4.78, 5) is 29.8.